The summed E-state index contributed by atoms with van der Waals surface area (Å²) in [7, 11) is 0. The lowest BCUT2D eigenvalue weighted by atomic mass is 10.3. The molecule has 29 heavy (non-hydrogen) atoms. The monoisotopic (exact) mass is 402 g/mol. The molecule has 0 spiro atoms. The zero-order valence-corrected chi connectivity index (χ0v) is 16.2. The minimum absolute atomic E-state index is 0.0238. The van der Waals surface area contributed by atoms with Crippen molar-refractivity contribution in [1.82, 2.24) is 25.2 Å². The lowest BCUT2D eigenvalue weighted by Crippen LogP contribution is -2.39. The highest BCUT2D eigenvalue weighted by Gasteiger charge is 2.06. The molecule has 0 aliphatic heterocycles. The van der Waals surface area contributed by atoms with Gasteiger partial charge in [0, 0.05) is 31.8 Å². The number of halogens is 2. The Hall–Kier alpha value is -3.23. The number of pyridine rings is 1. The second-order valence-electron chi connectivity index (χ2n) is 6.26. The second-order valence-corrected chi connectivity index (χ2v) is 6.26. The Bertz CT molecular complexity index is 959. The summed E-state index contributed by atoms with van der Waals surface area (Å²) in [6, 6.07) is 9.04. The molecule has 2 aromatic heterocycles. The van der Waals surface area contributed by atoms with Crippen LogP contribution in [0.5, 0.6) is 5.75 Å². The molecule has 0 unspecified atom stereocenters. The number of benzene rings is 1. The number of nitrogens with zero attached hydrogens (tertiary/aromatic N) is 4. The number of hydrogen-bond donors (Lipinski definition) is 2. The van der Waals surface area contributed by atoms with Crippen LogP contribution in [0, 0.1) is 11.6 Å². The standard InChI is InChI=1S/C20H24F2N6O/c1-2-23-20(25-11-13-29-17-9-8-15(21)14-16(17)22)24-10-5-7-19-27-26-18-6-3-4-12-28(18)19/h3-4,6,8-9,12,14H,2,5,7,10-11,13H2,1H3,(H2,23,24,25). The lowest BCUT2D eigenvalue weighted by Gasteiger charge is -2.12. The first kappa shape index (κ1) is 20.5. The number of guanidine groups is 1. The van der Waals surface area contributed by atoms with E-state index in [1.807, 2.05) is 35.7 Å². The first-order valence-electron chi connectivity index (χ1n) is 9.56. The molecule has 2 N–H and O–H groups in total. The molecular weight excluding hydrogens is 378 g/mol. The van der Waals surface area contributed by atoms with Crippen molar-refractivity contribution in [2.45, 2.75) is 19.8 Å². The molecule has 3 aromatic rings. The van der Waals surface area contributed by atoms with Crippen LogP contribution >= 0.6 is 0 Å². The Labute approximate surface area is 167 Å². The number of aromatic nitrogens is 3. The van der Waals surface area contributed by atoms with Gasteiger partial charge < -0.3 is 15.4 Å². The lowest BCUT2D eigenvalue weighted by molar-refractivity contribution is 0.304. The van der Waals surface area contributed by atoms with Crippen molar-refractivity contribution < 1.29 is 13.5 Å². The van der Waals surface area contributed by atoms with Crippen molar-refractivity contribution in [2.75, 3.05) is 26.2 Å². The number of hydrogen-bond acceptors (Lipinski definition) is 4. The molecule has 9 heteroatoms. The van der Waals surface area contributed by atoms with Crippen molar-refractivity contribution >= 4 is 11.6 Å². The molecule has 1 aromatic carbocycles. The van der Waals surface area contributed by atoms with Gasteiger partial charge in [-0.05, 0) is 37.6 Å². The van der Waals surface area contributed by atoms with Crippen LogP contribution in [-0.2, 0) is 6.42 Å². The summed E-state index contributed by atoms with van der Waals surface area (Å²) < 4.78 is 33.7. The summed E-state index contributed by atoms with van der Waals surface area (Å²) in [5.41, 5.74) is 0.832. The van der Waals surface area contributed by atoms with Gasteiger partial charge in [-0.1, -0.05) is 6.07 Å². The Morgan fingerprint density at radius 1 is 1.17 bits per heavy atom. The molecule has 7 nitrogen and oxygen atoms in total. The van der Waals surface area contributed by atoms with Gasteiger partial charge in [0.25, 0.3) is 0 Å². The predicted molar refractivity (Wildman–Crippen MR) is 107 cm³/mol. The average Bonchev–Trinajstić information content (AvgIpc) is 3.13. The SMILES string of the molecule is CCNC(=NCCCc1nnc2ccccn12)NCCOc1ccc(F)cc1F. The van der Waals surface area contributed by atoms with Crippen LogP contribution < -0.4 is 15.4 Å². The van der Waals surface area contributed by atoms with Crippen molar-refractivity contribution in [3.8, 4) is 5.75 Å². The van der Waals surface area contributed by atoms with Gasteiger partial charge in [0.05, 0.1) is 6.54 Å². The zero-order chi connectivity index (χ0) is 20.5. The third-order valence-corrected chi connectivity index (χ3v) is 4.10. The summed E-state index contributed by atoms with van der Waals surface area (Å²) in [5, 5.41) is 14.6. The van der Waals surface area contributed by atoms with Crippen LogP contribution in [0.4, 0.5) is 8.78 Å². The summed E-state index contributed by atoms with van der Waals surface area (Å²) in [5.74, 6) is 0.237. The summed E-state index contributed by atoms with van der Waals surface area (Å²) in [6.45, 7) is 3.96. The van der Waals surface area contributed by atoms with E-state index in [1.54, 1.807) is 0 Å². The maximum Gasteiger partial charge on any atom is 0.191 e. The van der Waals surface area contributed by atoms with Crippen LogP contribution in [-0.4, -0.2) is 46.8 Å². The second kappa shape index (κ2) is 10.4. The molecule has 3 rings (SSSR count). The topological polar surface area (TPSA) is 75.8 Å². The highest BCUT2D eigenvalue weighted by molar-refractivity contribution is 5.79. The van der Waals surface area contributed by atoms with E-state index in [-0.39, 0.29) is 12.4 Å². The van der Waals surface area contributed by atoms with Gasteiger partial charge in [-0.3, -0.25) is 9.39 Å². The number of ether oxygens (including phenoxy) is 1. The van der Waals surface area contributed by atoms with Gasteiger partial charge in [0.1, 0.15) is 18.2 Å². The van der Waals surface area contributed by atoms with Gasteiger partial charge in [0.2, 0.25) is 0 Å². The first-order chi connectivity index (χ1) is 14.2. The van der Waals surface area contributed by atoms with E-state index in [0.29, 0.717) is 25.6 Å². The zero-order valence-electron chi connectivity index (χ0n) is 16.2. The fourth-order valence-corrected chi connectivity index (χ4v) is 2.75. The maximum atomic E-state index is 13.5. The number of rotatable bonds is 9. The number of aliphatic imine (C=N–C) groups is 1. The quantitative estimate of drug-likeness (QED) is 0.327. The van der Waals surface area contributed by atoms with Gasteiger partial charge >= 0.3 is 0 Å². The van der Waals surface area contributed by atoms with Gasteiger partial charge in [-0.2, -0.15) is 0 Å². The van der Waals surface area contributed by atoms with Crippen LogP contribution in [0.1, 0.15) is 19.2 Å². The van der Waals surface area contributed by atoms with E-state index in [1.165, 1.54) is 6.07 Å². The predicted octanol–water partition coefficient (Wildman–Crippen LogP) is 2.57. The molecule has 154 valence electrons. The summed E-state index contributed by atoms with van der Waals surface area (Å²) in [4.78, 5) is 4.52. The van der Waals surface area contributed by atoms with Crippen LogP contribution in [0.15, 0.2) is 47.6 Å². The summed E-state index contributed by atoms with van der Waals surface area (Å²) >= 11 is 0. The fourth-order valence-electron chi connectivity index (χ4n) is 2.75. The summed E-state index contributed by atoms with van der Waals surface area (Å²) in [6.07, 6.45) is 3.54. The largest absolute Gasteiger partial charge is 0.489 e. The molecule has 0 atom stereocenters. The molecule has 2 heterocycles. The molecule has 0 bridgehead atoms. The van der Waals surface area contributed by atoms with Crippen molar-refractivity contribution in [2.24, 2.45) is 4.99 Å². The number of aryl methyl sites for hydroxylation is 1. The molecular formula is C20H24F2N6O. The van der Waals surface area contributed by atoms with E-state index in [4.69, 9.17) is 4.74 Å². The Morgan fingerprint density at radius 3 is 2.90 bits per heavy atom. The molecule has 0 aliphatic rings. The van der Waals surface area contributed by atoms with Crippen molar-refractivity contribution in [3.05, 3.63) is 60.1 Å². The molecule has 0 radical (unpaired) electrons. The fraction of sp³-hybridized carbons (Fsp3) is 0.350. The van der Waals surface area contributed by atoms with Crippen LogP contribution in [0.25, 0.3) is 5.65 Å². The minimum atomic E-state index is -0.716. The van der Waals surface area contributed by atoms with Crippen LogP contribution in [0.3, 0.4) is 0 Å². The normalized spacial score (nSPS) is 11.6. The van der Waals surface area contributed by atoms with Gasteiger partial charge in [-0.15, -0.1) is 10.2 Å². The molecule has 0 aliphatic carbocycles. The Morgan fingerprint density at radius 2 is 2.07 bits per heavy atom. The highest BCUT2D eigenvalue weighted by Crippen LogP contribution is 2.17. The molecule has 0 saturated heterocycles. The van der Waals surface area contributed by atoms with E-state index >= 15 is 0 Å². The first-order valence-corrected chi connectivity index (χ1v) is 9.56. The van der Waals surface area contributed by atoms with E-state index in [0.717, 1.165) is 36.4 Å². The van der Waals surface area contributed by atoms with Crippen LogP contribution in [0.2, 0.25) is 0 Å². The minimum Gasteiger partial charge on any atom is -0.489 e. The average molecular weight is 402 g/mol. The number of fused-ring (bicyclic) bond motifs is 1. The third kappa shape index (κ3) is 5.87. The van der Waals surface area contributed by atoms with Crippen molar-refractivity contribution in [1.29, 1.82) is 0 Å². The Balaban J connectivity index is 1.43. The molecule has 0 fully saturated rings. The van der Waals surface area contributed by atoms with Crippen molar-refractivity contribution in [3.63, 3.8) is 0 Å². The maximum absolute atomic E-state index is 13.5. The molecule has 0 saturated carbocycles. The highest BCUT2D eigenvalue weighted by atomic mass is 19.1. The van der Waals surface area contributed by atoms with E-state index in [2.05, 4.69) is 25.8 Å². The number of nitrogens with one attached hydrogen (secondary N) is 2. The third-order valence-electron chi connectivity index (χ3n) is 4.10. The van der Waals surface area contributed by atoms with E-state index < -0.39 is 11.6 Å². The smallest absolute Gasteiger partial charge is 0.191 e. The molecule has 0 amide bonds. The van der Waals surface area contributed by atoms with E-state index in [9.17, 15) is 8.78 Å². The van der Waals surface area contributed by atoms with Gasteiger partial charge in [0.15, 0.2) is 23.2 Å². The Kier molecular flexibility index (Phi) is 7.32. The van der Waals surface area contributed by atoms with Gasteiger partial charge in [-0.25, -0.2) is 8.78 Å².